The van der Waals surface area contributed by atoms with Crippen molar-refractivity contribution in [2.75, 3.05) is 26.9 Å². The van der Waals surface area contributed by atoms with Gasteiger partial charge in [-0.15, -0.1) is 0 Å². The Morgan fingerprint density at radius 2 is 1.92 bits per heavy atom. The fraction of sp³-hybridized carbons (Fsp3) is 0.381. The zero-order chi connectivity index (χ0) is 18.4. The third kappa shape index (κ3) is 4.48. The molecular weight excluding hydrogens is 330 g/mol. The molecule has 1 heterocycles. The van der Waals surface area contributed by atoms with E-state index < -0.39 is 0 Å². The molecular formula is C21H25NO4. The van der Waals surface area contributed by atoms with Crippen molar-refractivity contribution in [1.82, 2.24) is 5.32 Å². The molecule has 1 unspecified atom stereocenters. The summed E-state index contributed by atoms with van der Waals surface area (Å²) in [5, 5.41) is 3.00. The Hall–Kier alpha value is -2.69. The number of carbonyl (C=O) groups is 1. The lowest BCUT2D eigenvalue weighted by Gasteiger charge is -2.20. The van der Waals surface area contributed by atoms with E-state index in [1.54, 1.807) is 7.11 Å². The zero-order valence-corrected chi connectivity index (χ0v) is 15.3. The van der Waals surface area contributed by atoms with Gasteiger partial charge in [-0.25, -0.2) is 0 Å². The molecule has 26 heavy (non-hydrogen) atoms. The maximum atomic E-state index is 12.3. The predicted molar refractivity (Wildman–Crippen MR) is 100 cm³/mol. The van der Waals surface area contributed by atoms with Crippen molar-refractivity contribution in [3.05, 3.63) is 53.6 Å². The van der Waals surface area contributed by atoms with Gasteiger partial charge in [0.2, 0.25) is 5.91 Å². The molecule has 1 N–H and O–H groups in total. The summed E-state index contributed by atoms with van der Waals surface area (Å²) in [6.45, 7) is 3.78. The molecule has 1 aliphatic rings. The van der Waals surface area contributed by atoms with Crippen LogP contribution in [0.25, 0.3) is 0 Å². The fourth-order valence-corrected chi connectivity index (χ4v) is 3.08. The van der Waals surface area contributed by atoms with E-state index in [4.69, 9.17) is 14.2 Å². The monoisotopic (exact) mass is 355 g/mol. The topological polar surface area (TPSA) is 56.8 Å². The van der Waals surface area contributed by atoms with Crippen LogP contribution < -0.4 is 19.5 Å². The number of amides is 1. The number of methoxy groups -OCH3 is 1. The van der Waals surface area contributed by atoms with Crippen LogP contribution in [0.15, 0.2) is 42.5 Å². The maximum Gasteiger partial charge on any atom is 0.220 e. The molecule has 1 aliphatic heterocycles. The highest BCUT2D eigenvalue weighted by Gasteiger charge is 2.16. The van der Waals surface area contributed by atoms with Crippen molar-refractivity contribution in [2.24, 2.45) is 0 Å². The summed E-state index contributed by atoms with van der Waals surface area (Å²) >= 11 is 0. The number of ether oxygens (including phenoxy) is 3. The average Bonchev–Trinajstić information content (AvgIpc) is 2.68. The molecule has 1 atom stereocenters. The second-order valence-corrected chi connectivity index (χ2v) is 6.42. The summed E-state index contributed by atoms with van der Waals surface area (Å²) in [4.78, 5) is 12.3. The van der Waals surface area contributed by atoms with E-state index in [9.17, 15) is 4.79 Å². The van der Waals surface area contributed by atoms with Crippen LogP contribution in [0.1, 0.15) is 30.4 Å². The summed E-state index contributed by atoms with van der Waals surface area (Å²) in [5.74, 6) is 2.54. The lowest BCUT2D eigenvalue weighted by atomic mass is 9.97. The highest BCUT2D eigenvalue weighted by atomic mass is 16.6. The molecule has 0 bridgehead atoms. The molecule has 138 valence electrons. The number of rotatable bonds is 7. The van der Waals surface area contributed by atoms with Gasteiger partial charge in [0.05, 0.1) is 7.11 Å². The van der Waals surface area contributed by atoms with Gasteiger partial charge in [0, 0.05) is 13.0 Å². The van der Waals surface area contributed by atoms with Crippen LogP contribution >= 0.6 is 0 Å². The Kier molecular flexibility index (Phi) is 6.00. The SMILES string of the molecule is COc1ccccc1CCNC(=O)CC(C)c1ccc2c(c1)OCCO2. The predicted octanol–water partition coefficient (Wildman–Crippen LogP) is 3.32. The first-order valence-corrected chi connectivity index (χ1v) is 8.95. The number of nitrogens with one attached hydrogen (secondary N) is 1. The van der Waals surface area contributed by atoms with E-state index >= 15 is 0 Å². The zero-order valence-electron chi connectivity index (χ0n) is 15.3. The Morgan fingerprint density at radius 3 is 2.73 bits per heavy atom. The summed E-state index contributed by atoms with van der Waals surface area (Å²) in [6.07, 6.45) is 1.18. The second kappa shape index (κ2) is 8.61. The molecule has 3 rings (SSSR count). The number of benzene rings is 2. The molecule has 0 aliphatic carbocycles. The maximum absolute atomic E-state index is 12.3. The summed E-state index contributed by atoms with van der Waals surface area (Å²) < 4.78 is 16.5. The van der Waals surface area contributed by atoms with E-state index in [1.165, 1.54) is 0 Å². The van der Waals surface area contributed by atoms with Gasteiger partial charge in [0.25, 0.3) is 0 Å². The van der Waals surface area contributed by atoms with Crippen molar-refractivity contribution in [3.63, 3.8) is 0 Å². The quantitative estimate of drug-likeness (QED) is 0.828. The van der Waals surface area contributed by atoms with Gasteiger partial charge in [-0.2, -0.15) is 0 Å². The molecule has 0 radical (unpaired) electrons. The highest BCUT2D eigenvalue weighted by molar-refractivity contribution is 5.76. The summed E-state index contributed by atoms with van der Waals surface area (Å²) in [6, 6.07) is 13.8. The highest BCUT2D eigenvalue weighted by Crippen LogP contribution is 2.33. The number of carbonyl (C=O) groups excluding carboxylic acids is 1. The van der Waals surface area contributed by atoms with Crippen LogP contribution in [-0.2, 0) is 11.2 Å². The fourth-order valence-electron chi connectivity index (χ4n) is 3.08. The van der Waals surface area contributed by atoms with Gasteiger partial charge in [-0.05, 0) is 41.7 Å². The van der Waals surface area contributed by atoms with Gasteiger partial charge in [-0.3, -0.25) is 4.79 Å². The summed E-state index contributed by atoms with van der Waals surface area (Å²) in [7, 11) is 1.66. The van der Waals surface area contributed by atoms with E-state index in [0.717, 1.165) is 34.8 Å². The van der Waals surface area contributed by atoms with Crippen LogP contribution in [0.5, 0.6) is 17.2 Å². The van der Waals surface area contributed by atoms with E-state index in [-0.39, 0.29) is 11.8 Å². The third-order valence-corrected chi connectivity index (χ3v) is 4.54. The first-order chi connectivity index (χ1) is 12.7. The minimum absolute atomic E-state index is 0.0438. The van der Waals surface area contributed by atoms with Crippen molar-refractivity contribution < 1.29 is 19.0 Å². The van der Waals surface area contributed by atoms with Crippen molar-refractivity contribution in [2.45, 2.75) is 25.7 Å². The van der Waals surface area contributed by atoms with Crippen molar-refractivity contribution in [3.8, 4) is 17.2 Å². The van der Waals surface area contributed by atoms with E-state index in [2.05, 4.69) is 5.32 Å². The second-order valence-electron chi connectivity index (χ2n) is 6.42. The number of fused-ring (bicyclic) bond motifs is 1. The van der Waals surface area contributed by atoms with Crippen LogP contribution in [0.4, 0.5) is 0 Å². The minimum atomic E-state index is 0.0438. The summed E-state index contributed by atoms with van der Waals surface area (Å²) in [5.41, 5.74) is 2.17. The van der Waals surface area contributed by atoms with Crippen molar-refractivity contribution in [1.29, 1.82) is 0 Å². The number of para-hydroxylation sites is 1. The Labute approximate surface area is 154 Å². The molecule has 0 saturated heterocycles. The van der Waals surface area contributed by atoms with Gasteiger partial charge >= 0.3 is 0 Å². The van der Waals surface area contributed by atoms with Crippen LogP contribution in [0, 0.1) is 0 Å². The van der Waals surface area contributed by atoms with Gasteiger partial charge in [-0.1, -0.05) is 31.2 Å². The first kappa shape index (κ1) is 18.1. The molecule has 0 saturated carbocycles. The van der Waals surface area contributed by atoms with Gasteiger partial charge in [0.1, 0.15) is 19.0 Å². The number of hydrogen-bond acceptors (Lipinski definition) is 4. The van der Waals surface area contributed by atoms with Crippen LogP contribution in [0.3, 0.4) is 0 Å². The Balaban J connectivity index is 1.50. The molecule has 0 fully saturated rings. The lowest BCUT2D eigenvalue weighted by molar-refractivity contribution is -0.121. The van der Waals surface area contributed by atoms with E-state index in [0.29, 0.717) is 26.2 Å². The van der Waals surface area contributed by atoms with Gasteiger partial charge in [0.15, 0.2) is 11.5 Å². The third-order valence-electron chi connectivity index (χ3n) is 4.54. The molecule has 5 nitrogen and oxygen atoms in total. The molecule has 5 heteroatoms. The van der Waals surface area contributed by atoms with Crippen LogP contribution in [0.2, 0.25) is 0 Å². The number of hydrogen-bond donors (Lipinski definition) is 1. The lowest BCUT2D eigenvalue weighted by Crippen LogP contribution is -2.26. The standard InChI is InChI=1S/C21H25NO4/c1-15(17-7-8-19-20(14-17)26-12-11-25-19)13-21(23)22-10-9-16-5-3-4-6-18(16)24-2/h3-8,14-15H,9-13H2,1-2H3,(H,22,23). The average molecular weight is 355 g/mol. The largest absolute Gasteiger partial charge is 0.496 e. The Bertz CT molecular complexity index is 759. The van der Waals surface area contributed by atoms with Crippen LogP contribution in [-0.4, -0.2) is 32.8 Å². The smallest absolute Gasteiger partial charge is 0.220 e. The molecule has 0 spiro atoms. The normalized spacial score (nSPS) is 13.8. The van der Waals surface area contributed by atoms with E-state index in [1.807, 2.05) is 49.4 Å². The minimum Gasteiger partial charge on any atom is -0.496 e. The molecule has 2 aromatic carbocycles. The molecule has 2 aromatic rings. The Morgan fingerprint density at radius 1 is 1.15 bits per heavy atom. The molecule has 1 amide bonds. The van der Waals surface area contributed by atoms with Gasteiger partial charge < -0.3 is 19.5 Å². The van der Waals surface area contributed by atoms with Crippen molar-refractivity contribution >= 4 is 5.91 Å². The molecule has 0 aromatic heterocycles. The first-order valence-electron chi connectivity index (χ1n) is 8.95.